The summed E-state index contributed by atoms with van der Waals surface area (Å²) >= 11 is 0. The topological polar surface area (TPSA) is 50.4 Å². The lowest BCUT2D eigenvalue weighted by Gasteiger charge is -2.56. The zero-order chi connectivity index (χ0) is 21.4. The molecule has 0 radical (unpaired) electrons. The zero-order valence-corrected chi connectivity index (χ0v) is 19.8. The van der Waals surface area contributed by atoms with Gasteiger partial charge in [-0.15, -0.1) is 0 Å². The fourth-order valence-corrected chi connectivity index (χ4v) is 6.44. The molecule has 4 nitrogen and oxygen atoms in total. The van der Waals surface area contributed by atoms with Crippen LogP contribution in [-0.2, 0) is 4.74 Å². The maximum absolute atomic E-state index is 12.4. The number of carbonyl (C=O) groups is 1. The van der Waals surface area contributed by atoms with E-state index in [0.717, 1.165) is 69.1 Å². The molecule has 1 unspecified atom stereocenters. The van der Waals surface area contributed by atoms with Crippen LogP contribution in [0.4, 0.5) is 4.79 Å². The summed E-state index contributed by atoms with van der Waals surface area (Å²) in [4.78, 5) is 12.4. The van der Waals surface area contributed by atoms with Gasteiger partial charge in [-0.1, -0.05) is 18.6 Å². The Kier molecular flexibility index (Phi) is 9.10. The first-order chi connectivity index (χ1) is 14.4. The number of unbranched alkanes of at least 4 members (excludes halogenated alkanes) is 2. The molecule has 4 fully saturated rings. The van der Waals surface area contributed by atoms with Gasteiger partial charge in [-0.3, -0.25) is 0 Å². The molecule has 4 rings (SSSR count). The van der Waals surface area contributed by atoms with Gasteiger partial charge in [0.2, 0.25) is 0 Å². The monoisotopic (exact) mass is 418 g/mol. The molecule has 0 spiro atoms. The molecule has 0 saturated heterocycles. The van der Waals surface area contributed by atoms with Crippen LogP contribution in [0.5, 0.6) is 0 Å². The van der Waals surface area contributed by atoms with Crippen LogP contribution in [0, 0.1) is 23.7 Å². The van der Waals surface area contributed by atoms with E-state index >= 15 is 0 Å². The molecule has 4 saturated carbocycles. The summed E-state index contributed by atoms with van der Waals surface area (Å²) < 4.78 is 5.80. The predicted molar refractivity (Wildman–Crippen MR) is 125 cm³/mol. The quantitative estimate of drug-likeness (QED) is 0.276. The molecule has 4 heteroatoms. The molecule has 0 heterocycles. The predicted octanol–water partition coefficient (Wildman–Crippen LogP) is 6.21. The highest BCUT2D eigenvalue weighted by atomic mass is 16.5. The van der Waals surface area contributed by atoms with Crippen molar-refractivity contribution in [3.63, 3.8) is 0 Å². The Hall–Kier alpha value is -1.03. The number of hydrogen-bond acceptors (Lipinski definition) is 2. The highest BCUT2D eigenvalue weighted by Gasteiger charge is 2.51. The number of amides is 2. The van der Waals surface area contributed by atoms with Gasteiger partial charge in [0.25, 0.3) is 0 Å². The summed E-state index contributed by atoms with van der Waals surface area (Å²) in [7, 11) is 0. The SMILES string of the molecule is CC(C)=CCCC(C)CCOCCCCCNC(=O)NC12CC3CC(CC(C3)C1)C2. The summed E-state index contributed by atoms with van der Waals surface area (Å²) in [5.41, 5.74) is 1.54. The lowest BCUT2D eigenvalue weighted by molar-refractivity contribution is -0.0135. The number of rotatable bonds is 13. The summed E-state index contributed by atoms with van der Waals surface area (Å²) in [6.45, 7) is 9.15. The van der Waals surface area contributed by atoms with E-state index in [9.17, 15) is 4.79 Å². The third-order valence-electron chi connectivity index (χ3n) is 7.63. The highest BCUT2D eigenvalue weighted by Crippen LogP contribution is 2.55. The average Bonchev–Trinajstić information content (AvgIpc) is 2.64. The van der Waals surface area contributed by atoms with Gasteiger partial charge in [-0.05, 0) is 115 Å². The fourth-order valence-electron chi connectivity index (χ4n) is 6.44. The van der Waals surface area contributed by atoms with Gasteiger partial charge in [0.1, 0.15) is 0 Å². The van der Waals surface area contributed by atoms with Gasteiger partial charge in [0, 0.05) is 25.3 Å². The third-order valence-corrected chi connectivity index (χ3v) is 7.63. The van der Waals surface area contributed by atoms with Crippen molar-refractivity contribution in [1.29, 1.82) is 0 Å². The van der Waals surface area contributed by atoms with Crippen molar-refractivity contribution in [1.82, 2.24) is 10.6 Å². The summed E-state index contributed by atoms with van der Waals surface area (Å²) in [6.07, 6.45) is 17.1. The van der Waals surface area contributed by atoms with Gasteiger partial charge in [-0.2, -0.15) is 0 Å². The van der Waals surface area contributed by atoms with Gasteiger partial charge in [-0.25, -0.2) is 4.79 Å². The van der Waals surface area contributed by atoms with Crippen molar-refractivity contribution < 1.29 is 9.53 Å². The molecule has 0 aromatic rings. The number of hydrogen-bond donors (Lipinski definition) is 2. The Morgan fingerprint density at radius 1 is 1.00 bits per heavy atom. The van der Waals surface area contributed by atoms with Gasteiger partial charge < -0.3 is 15.4 Å². The van der Waals surface area contributed by atoms with E-state index < -0.39 is 0 Å². The van der Waals surface area contributed by atoms with Gasteiger partial charge >= 0.3 is 6.03 Å². The minimum absolute atomic E-state index is 0.0651. The highest BCUT2D eigenvalue weighted by molar-refractivity contribution is 5.74. The van der Waals surface area contributed by atoms with E-state index in [2.05, 4.69) is 37.5 Å². The van der Waals surface area contributed by atoms with E-state index in [0.29, 0.717) is 0 Å². The standard InChI is InChI=1S/C26H46N2O2/c1-20(2)8-7-9-21(3)10-13-30-12-6-4-5-11-27-25(29)28-26-17-22-14-23(18-26)16-24(15-22)19-26/h8,21-24H,4-7,9-19H2,1-3H3,(H2,27,28,29). The first-order valence-corrected chi connectivity index (χ1v) is 12.7. The molecule has 1 atom stereocenters. The lowest BCUT2D eigenvalue weighted by Crippen LogP contribution is -2.61. The summed E-state index contributed by atoms with van der Waals surface area (Å²) in [6, 6.07) is 0.0651. The average molecular weight is 419 g/mol. The molecular formula is C26H46N2O2. The normalized spacial score (nSPS) is 30.2. The number of urea groups is 1. The first kappa shape index (κ1) is 23.6. The van der Waals surface area contributed by atoms with Gasteiger partial charge in [0.05, 0.1) is 0 Å². The van der Waals surface area contributed by atoms with Crippen LogP contribution in [0.1, 0.15) is 97.8 Å². The second-order valence-electron chi connectivity index (χ2n) is 11.0. The Labute approximate surface area is 185 Å². The maximum atomic E-state index is 12.4. The van der Waals surface area contributed by atoms with Crippen molar-refractivity contribution in [3.05, 3.63) is 11.6 Å². The fraction of sp³-hybridized carbons (Fsp3) is 0.885. The summed E-state index contributed by atoms with van der Waals surface area (Å²) in [5.74, 6) is 3.35. The van der Waals surface area contributed by atoms with Crippen molar-refractivity contribution in [2.75, 3.05) is 19.8 Å². The molecule has 0 aromatic carbocycles. The molecular weight excluding hydrogens is 372 g/mol. The third kappa shape index (κ3) is 7.59. The Balaban J connectivity index is 1.15. The van der Waals surface area contributed by atoms with E-state index in [1.165, 1.54) is 56.9 Å². The molecule has 0 aromatic heterocycles. The van der Waals surface area contributed by atoms with Gasteiger partial charge in [0.15, 0.2) is 0 Å². The Morgan fingerprint density at radius 2 is 1.67 bits per heavy atom. The zero-order valence-electron chi connectivity index (χ0n) is 19.8. The maximum Gasteiger partial charge on any atom is 0.315 e. The number of allylic oxidation sites excluding steroid dienone is 2. The van der Waals surface area contributed by atoms with Crippen molar-refractivity contribution in [3.8, 4) is 0 Å². The Morgan fingerprint density at radius 3 is 2.30 bits per heavy atom. The second-order valence-corrected chi connectivity index (χ2v) is 11.0. The van der Waals surface area contributed by atoms with E-state index in [1.807, 2.05) is 0 Å². The van der Waals surface area contributed by atoms with Crippen LogP contribution in [0.2, 0.25) is 0 Å². The van der Waals surface area contributed by atoms with Crippen LogP contribution in [0.3, 0.4) is 0 Å². The molecule has 2 amide bonds. The van der Waals surface area contributed by atoms with Crippen LogP contribution in [-0.4, -0.2) is 31.3 Å². The van der Waals surface area contributed by atoms with Crippen molar-refractivity contribution >= 4 is 6.03 Å². The second kappa shape index (κ2) is 11.5. The molecule has 4 aliphatic carbocycles. The first-order valence-electron chi connectivity index (χ1n) is 12.7. The lowest BCUT2D eigenvalue weighted by atomic mass is 9.53. The molecule has 0 aliphatic heterocycles. The van der Waals surface area contributed by atoms with E-state index in [-0.39, 0.29) is 11.6 Å². The largest absolute Gasteiger partial charge is 0.381 e. The summed E-state index contributed by atoms with van der Waals surface area (Å²) in [5, 5.41) is 6.50. The Bertz CT molecular complexity index is 532. The van der Waals surface area contributed by atoms with Crippen LogP contribution in [0.15, 0.2) is 11.6 Å². The van der Waals surface area contributed by atoms with Crippen LogP contribution < -0.4 is 10.6 Å². The minimum Gasteiger partial charge on any atom is -0.381 e. The molecule has 2 N–H and O–H groups in total. The molecule has 4 bridgehead atoms. The molecule has 30 heavy (non-hydrogen) atoms. The number of ether oxygens (including phenoxy) is 1. The number of nitrogens with one attached hydrogen (secondary N) is 2. The van der Waals surface area contributed by atoms with Crippen LogP contribution >= 0.6 is 0 Å². The molecule has 172 valence electrons. The van der Waals surface area contributed by atoms with Crippen molar-refractivity contribution in [2.24, 2.45) is 23.7 Å². The molecule has 4 aliphatic rings. The van der Waals surface area contributed by atoms with E-state index in [4.69, 9.17) is 4.74 Å². The number of carbonyl (C=O) groups excluding carboxylic acids is 1. The minimum atomic E-state index is 0.0651. The van der Waals surface area contributed by atoms with Crippen LogP contribution in [0.25, 0.3) is 0 Å². The smallest absolute Gasteiger partial charge is 0.315 e. The van der Waals surface area contributed by atoms with E-state index in [1.54, 1.807) is 0 Å². The van der Waals surface area contributed by atoms with Crippen molar-refractivity contribution in [2.45, 2.75) is 103 Å².